The van der Waals surface area contributed by atoms with Crippen LogP contribution in [0.2, 0.25) is 0 Å². The Morgan fingerprint density at radius 3 is 2.38 bits per heavy atom. The van der Waals surface area contributed by atoms with Crippen LogP contribution < -0.4 is 4.80 Å². The molecule has 3 aromatic carbocycles. The molecule has 0 aliphatic rings. The molecule has 4 rings (SSSR count). The molecule has 0 bridgehead atoms. The first-order chi connectivity index (χ1) is 18.9. The third-order valence-electron chi connectivity index (χ3n) is 6.12. The van der Waals surface area contributed by atoms with E-state index in [0.717, 1.165) is 25.3 Å². The van der Waals surface area contributed by atoms with Crippen LogP contribution in [0.3, 0.4) is 0 Å². The van der Waals surface area contributed by atoms with Gasteiger partial charge in [0.2, 0.25) is 10.0 Å². The van der Waals surface area contributed by atoms with Gasteiger partial charge < -0.3 is 9.30 Å². The van der Waals surface area contributed by atoms with Gasteiger partial charge in [-0.05, 0) is 42.6 Å². The van der Waals surface area contributed by atoms with E-state index in [0.29, 0.717) is 24.6 Å². The highest BCUT2D eigenvalue weighted by Gasteiger charge is 2.24. The summed E-state index contributed by atoms with van der Waals surface area (Å²) >= 11 is 1.43. The topological polar surface area (TPSA) is 129 Å². The maximum absolute atomic E-state index is 13.2. The molecular weight excluding hydrogens is 534 g/mol. The van der Waals surface area contributed by atoms with E-state index in [2.05, 4.69) is 4.99 Å². The standard InChI is InChI=1S/C28H27N5O4S2/c1-2-37-20-19-33-25-14-11-21-7-3-4-8-24(21)26(25)38-28(33)31-27(34)22-9-12-23(13-10-22)39(35,36)32(17-5-15-29)18-6-16-30/h3-4,7-14H,2,5-6,17-20H2,1H3. The number of sulfonamides is 1. The number of carbonyl (C=O) groups is 1. The van der Waals surface area contributed by atoms with Crippen LogP contribution in [0.15, 0.2) is 70.6 Å². The van der Waals surface area contributed by atoms with E-state index in [1.807, 2.05) is 60.0 Å². The molecule has 0 N–H and O–H groups in total. The Morgan fingerprint density at radius 2 is 1.72 bits per heavy atom. The molecule has 200 valence electrons. The number of ether oxygens (including phenoxy) is 1. The summed E-state index contributed by atoms with van der Waals surface area (Å²) in [5.41, 5.74) is 1.20. The minimum Gasteiger partial charge on any atom is -0.380 e. The number of nitrogens with zero attached hydrogens (tertiary/aromatic N) is 5. The Bertz CT molecular complexity index is 1730. The van der Waals surface area contributed by atoms with E-state index in [1.54, 1.807) is 0 Å². The summed E-state index contributed by atoms with van der Waals surface area (Å²) in [5, 5.41) is 19.9. The highest BCUT2D eigenvalue weighted by Crippen LogP contribution is 2.28. The van der Waals surface area contributed by atoms with Gasteiger partial charge in [0.05, 0.1) is 33.9 Å². The lowest BCUT2D eigenvalue weighted by Gasteiger charge is -2.20. The van der Waals surface area contributed by atoms with Gasteiger partial charge in [0.15, 0.2) is 4.80 Å². The third-order valence-corrected chi connectivity index (χ3v) is 9.16. The van der Waals surface area contributed by atoms with Gasteiger partial charge in [-0.2, -0.15) is 19.8 Å². The summed E-state index contributed by atoms with van der Waals surface area (Å²) in [6.07, 6.45) is 0.0156. The smallest absolute Gasteiger partial charge is 0.279 e. The lowest BCUT2D eigenvalue weighted by molar-refractivity contribution is 0.0996. The van der Waals surface area contributed by atoms with E-state index in [9.17, 15) is 13.2 Å². The van der Waals surface area contributed by atoms with Crippen molar-refractivity contribution in [3.8, 4) is 12.1 Å². The Hall–Kier alpha value is -3.87. The minimum absolute atomic E-state index is 0.00780. The molecule has 0 aliphatic heterocycles. The molecule has 9 nitrogen and oxygen atoms in total. The summed E-state index contributed by atoms with van der Waals surface area (Å²) in [5.74, 6) is -0.495. The highest BCUT2D eigenvalue weighted by atomic mass is 32.2. The van der Waals surface area contributed by atoms with Crippen molar-refractivity contribution < 1.29 is 17.9 Å². The first-order valence-electron chi connectivity index (χ1n) is 12.4. The van der Waals surface area contributed by atoms with Crippen molar-refractivity contribution in [2.75, 3.05) is 26.3 Å². The Balaban J connectivity index is 1.69. The van der Waals surface area contributed by atoms with Crippen molar-refractivity contribution in [1.29, 1.82) is 10.5 Å². The quantitative estimate of drug-likeness (QED) is 0.249. The van der Waals surface area contributed by atoms with Gasteiger partial charge in [0.25, 0.3) is 5.91 Å². The molecule has 39 heavy (non-hydrogen) atoms. The zero-order chi connectivity index (χ0) is 27.8. The predicted molar refractivity (Wildman–Crippen MR) is 149 cm³/mol. The molecule has 0 unspecified atom stereocenters. The van der Waals surface area contributed by atoms with Gasteiger partial charge >= 0.3 is 0 Å². The zero-order valence-electron chi connectivity index (χ0n) is 21.4. The fourth-order valence-corrected chi connectivity index (χ4v) is 6.80. The molecule has 1 aromatic heterocycles. The third kappa shape index (κ3) is 6.24. The first-order valence-corrected chi connectivity index (χ1v) is 14.7. The average Bonchev–Trinajstić information content (AvgIpc) is 3.30. The van der Waals surface area contributed by atoms with Crippen molar-refractivity contribution >= 4 is 48.3 Å². The number of fused-ring (bicyclic) bond motifs is 3. The largest absolute Gasteiger partial charge is 0.380 e. The number of hydrogen-bond donors (Lipinski definition) is 0. The lowest BCUT2D eigenvalue weighted by Crippen LogP contribution is -2.32. The molecule has 11 heteroatoms. The van der Waals surface area contributed by atoms with Gasteiger partial charge in [-0.1, -0.05) is 41.7 Å². The number of rotatable bonds is 11. The molecule has 0 radical (unpaired) electrons. The van der Waals surface area contributed by atoms with E-state index < -0.39 is 15.9 Å². The van der Waals surface area contributed by atoms with Crippen LogP contribution in [0.25, 0.3) is 21.0 Å². The molecule has 0 spiro atoms. The Morgan fingerprint density at radius 1 is 1.03 bits per heavy atom. The maximum Gasteiger partial charge on any atom is 0.279 e. The van der Waals surface area contributed by atoms with Crippen LogP contribution in [0.1, 0.15) is 30.1 Å². The van der Waals surface area contributed by atoms with E-state index >= 15 is 0 Å². The number of carbonyl (C=O) groups excluding carboxylic acids is 1. The summed E-state index contributed by atoms with van der Waals surface area (Å²) in [6.45, 7) is 3.47. The van der Waals surface area contributed by atoms with Crippen molar-refractivity contribution in [3.63, 3.8) is 0 Å². The summed E-state index contributed by atoms with van der Waals surface area (Å²) in [7, 11) is -3.93. The van der Waals surface area contributed by atoms with Crippen LogP contribution in [0.4, 0.5) is 0 Å². The number of hydrogen-bond acceptors (Lipinski definition) is 7. The summed E-state index contributed by atoms with van der Waals surface area (Å²) in [4.78, 5) is 18.1. The van der Waals surface area contributed by atoms with Crippen LogP contribution in [-0.2, 0) is 21.3 Å². The van der Waals surface area contributed by atoms with Crippen molar-refractivity contribution in [2.45, 2.75) is 31.2 Å². The van der Waals surface area contributed by atoms with Gasteiger partial charge in [-0.25, -0.2) is 8.42 Å². The minimum atomic E-state index is -3.93. The number of thiazole rings is 1. The molecule has 0 atom stereocenters. The van der Waals surface area contributed by atoms with Gasteiger partial charge in [-0.15, -0.1) is 0 Å². The summed E-state index contributed by atoms with van der Waals surface area (Å²) in [6, 6.07) is 21.5. The van der Waals surface area contributed by atoms with E-state index in [-0.39, 0.29) is 36.4 Å². The fourth-order valence-electron chi connectivity index (χ4n) is 4.17. The predicted octanol–water partition coefficient (Wildman–Crippen LogP) is 4.45. The van der Waals surface area contributed by atoms with Crippen molar-refractivity contribution in [3.05, 3.63) is 71.0 Å². The molecule has 0 saturated carbocycles. The fraction of sp³-hybridized carbons (Fsp3) is 0.286. The first kappa shape index (κ1) is 28.1. The molecule has 0 aliphatic carbocycles. The van der Waals surface area contributed by atoms with Gasteiger partial charge in [0, 0.05) is 50.0 Å². The molecule has 1 amide bonds. The maximum atomic E-state index is 13.2. The van der Waals surface area contributed by atoms with Crippen LogP contribution in [0, 0.1) is 22.7 Å². The Labute approximate surface area is 230 Å². The molecule has 0 fully saturated rings. The molecular formula is C28H27N5O4S2. The normalized spacial score (nSPS) is 12.2. The van der Waals surface area contributed by atoms with Gasteiger partial charge in [-0.3, -0.25) is 4.79 Å². The van der Waals surface area contributed by atoms with Crippen LogP contribution >= 0.6 is 11.3 Å². The van der Waals surface area contributed by atoms with E-state index in [4.69, 9.17) is 15.3 Å². The number of amides is 1. The lowest BCUT2D eigenvalue weighted by atomic mass is 10.1. The zero-order valence-corrected chi connectivity index (χ0v) is 23.0. The van der Waals surface area contributed by atoms with Crippen molar-refractivity contribution in [1.82, 2.24) is 8.87 Å². The number of nitriles is 2. The van der Waals surface area contributed by atoms with Crippen LogP contribution in [0.5, 0.6) is 0 Å². The van der Waals surface area contributed by atoms with E-state index in [1.165, 1.54) is 35.6 Å². The second-order valence-electron chi connectivity index (χ2n) is 8.53. The molecule has 0 saturated heterocycles. The van der Waals surface area contributed by atoms with Crippen molar-refractivity contribution in [2.24, 2.45) is 4.99 Å². The monoisotopic (exact) mass is 561 g/mol. The van der Waals surface area contributed by atoms with Crippen LogP contribution in [-0.4, -0.2) is 49.5 Å². The molecule has 1 heterocycles. The second kappa shape index (κ2) is 12.8. The summed E-state index contributed by atoms with van der Waals surface area (Å²) < 4.78 is 35.8. The highest BCUT2D eigenvalue weighted by molar-refractivity contribution is 7.89. The number of benzene rings is 3. The number of aromatic nitrogens is 1. The average molecular weight is 562 g/mol. The second-order valence-corrected chi connectivity index (χ2v) is 11.4. The van der Waals surface area contributed by atoms with Gasteiger partial charge in [0.1, 0.15) is 0 Å². The Kier molecular flexibility index (Phi) is 9.23. The molecule has 4 aromatic rings. The SMILES string of the molecule is CCOCCn1c(=NC(=O)c2ccc(S(=O)(=O)N(CCC#N)CCC#N)cc2)sc2c3ccccc3ccc21.